The fourth-order valence-corrected chi connectivity index (χ4v) is 1.06. The lowest BCUT2D eigenvalue weighted by Crippen LogP contribution is -2.10. The van der Waals surface area contributed by atoms with Crippen molar-refractivity contribution < 1.29 is 9.18 Å². The van der Waals surface area contributed by atoms with Crippen LogP contribution in [-0.2, 0) is 11.3 Å². The topological polar surface area (TPSA) is 55.1 Å². The molecule has 0 aliphatic heterocycles. The fraction of sp³-hybridized carbons (Fsp3) is 0.300. The Hall–Kier alpha value is -1.42. The molecule has 0 fully saturated rings. The molecule has 0 bridgehead atoms. The largest absolute Gasteiger partial charge is 0.326 e. The highest BCUT2D eigenvalue weighted by atomic mass is 19.1. The van der Waals surface area contributed by atoms with Crippen LogP contribution in [0.3, 0.4) is 0 Å². The van der Waals surface area contributed by atoms with Gasteiger partial charge in [0.05, 0.1) is 0 Å². The minimum atomic E-state index is -0.345. The first kappa shape index (κ1) is 10.7. The van der Waals surface area contributed by atoms with Gasteiger partial charge in [0.1, 0.15) is 5.82 Å². The van der Waals surface area contributed by atoms with Gasteiger partial charge in [0.2, 0.25) is 5.91 Å². The number of nitrogens with two attached hydrogens (primary N) is 1. The summed E-state index contributed by atoms with van der Waals surface area (Å²) < 4.78 is 13.0. The molecule has 0 saturated carbocycles. The quantitative estimate of drug-likeness (QED) is 0.772. The second kappa shape index (κ2) is 4.72. The van der Waals surface area contributed by atoms with E-state index in [-0.39, 0.29) is 18.3 Å². The monoisotopic (exact) mass is 196 g/mol. The molecule has 0 unspecified atom stereocenters. The van der Waals surface area contributed by atoms with Crippen molar-refractivity contribution in [3.8, 4) is 0 Å². The van der Waals surface area contributed by atoms with Crippen molar-refractivity contribution in [2.24, 2.45) is 5.73 Å². The summed E-state index contributed by atoms with van der Waals surface area (Å²) in [7, 11) is 0. The van der Waals surface area contributed by atoms with Crippen LogP contribution in [0.15, 0.2) is 18.2 Å². The van der Waals surface area contributed by atoms with E-state index in [0.29, 0.717) is 17.7 Å². The summed E-state index contributed by atoms with van der Waals surface area (Å²) in [5.41, 5.74) is 6.31. The number of nitrogens with one attached hydrogen (secondary N) is 1. The lowest BCUT2D eigenvalue weighted by molar-refractivity contribution is -0.115. The summed E-state index contributed by atoms with van der Waals surface area (Å²) in [6, 6.07) is 4.36. The second-order valence-electron chi connectivity index (χ2n) is 2.91. The van der Waals surface area contributed by atoms with Gasteiger partial charge in [0, 0.05) is 24.2 Å². The van der Waals surface area contributed by atoms with Crippen LogP contribution >= 0.6 is 0 Å². The van der Waals surface area contributed by atoms with Crippen LogP contribution in [-0.4, -0.2) is 5.91 Å². The highest BCUT2D eigenvalue weighted by Gasteiger charge is 2.03. The fourth-order valence-electron chi connectivity index (χ4n) is 1.06. The molecule has 0 saturated heterocycles. The molecule has 76 valence electrons. The van der Waals surface area contributed by atoms with Crippen molar-refractivity contribution in [1.29, 1.82) is 0 Å². The van der Waals surface area contributed by atoms with E-state index in [2.05, 4.69) is 5.32 Å². The number of anilines is 1. The zero-order valence-electron chi connectivity index (χ0n) is 8.01. The summed E-state index contributed by atoms with van der Waals surface area (Å²) in [6.45, 7) is 1.88. The van der Waals surface area contributed by atoms with E-state index in [9.17, 15) is 9.18 Å². The predicted molar refractivity (Wildman–Crippen MR) is 53.2 cm³/mol. The van der Waals surface area contributed by atoms with E-state index < -0.39 is 0 Å². The molecule has 1 aromatic carbocycles. The first-order chi connectivity index (χ1) is 6.67. The van der Waals surface area contributed by atoms with E-state index in [1.54, 1.807) is 13.0 Å². The Morgan fingerprint density at radius 3 is 2.86 bits per heavy atom. The third kappa shape index (κ3) is 2.53. The van der Waals surface area contributed by atoms with Gasteiger partial charge in [-0.3, -0.25) is 4.79 Å². The molecule has 14 heavy (non-hydrogen) atoms. The highest BCUT2D eigenvalue weighted by Crippen LogP contribution is 2.14. The second-order valence-corrected chi connectivity index (χ2v) is 2.91. The normalized spacial score (nSPS) is 9.93. The third-order valence-corrected chi connectivity index (χ3v) is 1.87. The maximum Gasteiger partial charge on any atom is 0.224 e. The van der Waals surface area contributed by atoms with Gasteiger partial charge in [-0.1, -0.05) is 6.92 Å². The van der Waals surface area contributed by atoms with Crippen LogP contribution in [0.2, 0.25) is 0 Å². The van der Waals surface area contributed by atoms with Gasteiger partial charge in [0.25, 0.3) is 0 Å². The van der Waals surface area contributed by atoms with Crippen LogP contribution in [0.5, 0.6) is 0 Å². The summed E-state index contributed by atoms with van der Waals surface area (Å²) in [6.07, 6.45) is 0.398. The number of rotatable bonds is 3. The molecule has 0 atom stereocenters. The average molecular weight is 196 g/mol. The molecule has 3 nitrogen and oxygen atoms in total. The Labute approximate surface area is 82.1 Å². The van der Waals surface area contributed by atoms with Crippen molar-refractivity contribution in [3.05, 3.63) is 29.6 Å². The zero-order chi connectivity index (χ0) is 10.6. The lowest BCUT2D eigenvalue weighted by Gasteiger charge is -2.05. The molecular formula is C10H13FN2O. The Kier molecular flexibility index (Phi) is 3.59. The van der Waals surface area contributed by atoms with Crippen LogP contribution in [0, 0.1) is 5.82 Å². The van der Waals surface area contributed by atoms with Crippen molar-refractivity contribution in [2.45, 2.75) is 19.9 Å². The van der Waals surface area contributed by atoms with Gasteiger partial charge in [0.15, 0.2) is 0 Å². The van der Waals surface area contributed by atoms with Crippen LogP contribution in [0.1, 0.15) is 18.9 Å². The first-order valence-corrected chi connectivity index (χ1v) is 4.45. The minimum absolute atomic E-state index is 0.0976. The maximum atomic E-state index is 13.0. The molecule has 3 N–H and O–H groups in total. The summed E-state index contributed by atoms with van der Waals surface area (Å²) in [4.78, 5) is 11.0. The number of halogens is 1. The zero-order valence-corrected chi connectivity index (χ0v) is 8.01. The SMILES string of the molecule is CCC(=O)Nc1ccc(F)c(CN)c1. The Morgan fingerprint density at radius 2 is 2.29 bits per heavy atom. The third-order valence-electron chi connectivity index (χ3n) is 1.87. The van der Waals surface area contributed by atoms with Crippen LogP contribution < -0.4 is 11.1 Å². The molecule has 4 heteroatoms. The Balaban J connectivity index is 2.84. The predicted octanol–water partition coefficient (Wildman–Crippen LogP) is 1.63. The van der Waals surface area contributed by atoms with Crippen molar-refractivity contribution in [3.63, 3.8) is 0 Å². The average Bonchev–Trinajstić information content (AvgIpc) is 2.20. The molecule has 1 amide bonds. The molecule has 1 rings (SSSR count). The molecule has 0 radical (unpaired) electrons. The number of hydrogen-bond donors (Lipinski definition) is 2. The molecule has 0 heterocycles. The molecule has 0 aromatic heterocycles. The number of amides is 1. The lowest BCUT2D eigenvalue weighted by atomic mass is 10.2. The highest BCUT2D eigenvalue weighted by molar-refractivity contribution is 5.90. The number of benzene rings is 1. The van der Waals surface area contributed by atoms with E-state index in [0.717, 1.165) is 0 Å². The van der Waals surface area contributed by atoms with Gasteiger partial charge >= 0.3 is 0 Å². The van der Waals surface area contributed by atoms with E-state index in [4.69, 9.17) is 5.73 Å². The van der Waals surface area contributed by atoms with Crippen molar-refractivity contribution in [1.82, 2.24) is 0 Å². The number of hydrogen-bond acceptors (Lipinski definition) is 2. The smallest absolute Gasteiger partial charge is 0.224 e. The van der Waals surface area contributed by atoms with E-state index >= 15 is 0 Å². The minimum Gasteiger partial charge on any atom is -0.326 e. The van der Waals surface area contributed by atoms with E-state index in [1.165, 1.54) is 12.1 Å². The Morgan fingerprint density at radius 1 is 1.57 bits per heavy atom. The van der Waals surface area contributed by atoms with E-state index in [1.807, 2.05) is 0 Å². The Bertz CT molecular complexity index is 339. The molecule has 0 aliphatic carbocycles. The van der Waals surface area contributed by atoms with Gasteiger partial charge in [-0.25, -0.2) is 4.39 Å². The first-order valence-electron chi connectivity index (χ1n) is 4.45. The standard InChI is InChI=1S/C10H13FN2O/c1-2-10(14)13-8-3-4-9(11)7(5-8)6-12/h3-5H,2,6,12H2,1H3,(H,13,14). The van der Waals surface area contributed by atoms with Crippen molar-refractivity contribution >= 4 is 11.6 Å². The van der Waals surface area contributed by atoms with Crippen LogP contribution in [0.25, 0.3) is 0 Å². The molecular weight excluding hydrogens is 183 g/mol. The maximum absolute atomic E-state index is 13.0. The number of carbonyl (C=O) groups excluding carboxylic acids is 1. The molecule has 0 aliphatic rings. The summed E-state index contributed by atoms with van der Waals surface area (Å²) in [5, 5.41) is 2.63. The van der Waals surface area contributed by atoms with Gasteiger partial charge in [-0.05, 0) is 18.2 Å². The molecule has 0 spiro atoms. The molecule has 1 aromatic rings. The van der Waals surface area contributed by atoms with Crippen molar-refractivity contribution in [2.75, 3.05) is 5.32 Å². The van der Waals surface area contributed by atoms with Crippen LogP contribution in [0.4, 0.5) is 10.1 Å². The summed E-state index contributed by atoms with van der Waals surface area (Å²) >= 11 is 0. The van der Waals surface area contributed by atoms with Gasteiger partial charge in [-0.2, -0.15) is 0 Å². The van der Waals surface area contributed by atoms with Gasteiger partial charge < -0.3 is 11.1 Å². The summed E-state index contributed by atoms with van der Waals surface area (Å²) in [5.74, 6) is -0.443. The van der Waals surface area contributed by atoms with Gasteiger partial charge in [-0.15, -0.1) is 0 Å². The number of carbonyl (C=O) groups is 1.